The van der Waals surface area contributed by atoms with Crippen molar-refractivity contribution in [3.63, 3.8) is 0 Å². The Labute approximate surface area is 97.8 Å². The molecule has 0 amide bonds. The van der Waals surface area contributed by atoms with Crippen LogP contribution >= 0.6 is 0 Å². The first-order valence-electron chi connectivity index (χ1n) is 5.59. The number of aromatic nitrogens is 2. The van der Waals surface area contributed by atoms with E-state index >= 15 is 0 Å². The first-order valence-corrected chi connectivity index (χ1v) is 5.59. The third-order valence-corrected chi connectivity index (χ3v) is 2.92. The molecule has 0 aliphatic carbocycles. The Morgan fingerprint density at radius 3 is 2.88 bits per heavy atom. The Morgan fingerprint density at radius 2 is 2.18 bits per heavy atom. The van der Waals surface area contributed by atoms with Crippen LogP contribution in [0.25, 0.3) is 0 Å². The maximum atomic E-state index is 13.4. The molecular formula is C12H12FN3O. The summed E-state index contributed by atoms with van der Waals surface area (Å²) < 4.78 is 18.6. The molecule has 4 nitrogen and oxygen atoms in total. The fourth-order valence-electron chi connectivity index (χ4n) is 1.78. The van der Waals surface area contributed by atoms with Crippen LogP contribution in [0.2, 0.25) is 0 Å². The molecule has 5 heteroatoms. The molecule has 1 aliphatic rings. The van der Waals surface area contributed by atoms with E-state index in [1.807, 2.05) is 0 Å². The Bertz CT molecular complexity index is 522. The van der Waals surface area contributed by atoms with Crippen LogP contribution in [0.5, 0.6) is 0 Å². The second kappa shape index (κ2) is 4.25. The summed E-state index contributed by atoms with van der Waals surface area (Å²) in [5, 5.41) is 7.01. The average molecular weight is 233 g/mol. The lowest BCUT2D eigenvalue weighted by Crippen LogP contribution is -2.40. The smallest absolute Gasteiger partial charge is 0.232 e. The van der Waals surface area contributed by atoms with Gasteiger partial charge >= 0.3 is 0 Å². The molecule has 0 atom stereocenters. The summed E-state index contributed by atoms with van der Waals surface area (Å²) in [6.45, 7) is 1.75. The molecule has 0 saturated carbocycles. The van der Waals surface area contributed by atoms with Gasteiger partial charge in [-0.15, -0.1) is 0 Å². The maximum Gasteiger partial charge on any atom is 0.232 e. The van der Waals surface area contributed by atoms with Gasteiger partial charge in [0.1, 0.15) is 5.82 Å². The van der Waals surface area contributed by atoms with E-state index in [2.05, 4.69) is 15.5 Å². The fourth-order valence-corrected chi connectivity index (χ4v) is 1.78. The summed E-state index contributed by atoms with van der Waals surface area (Å²) >= 11 is 0. The van der Waals surface area contributed by atoms with Crippen molar-refractivity contribution in [3.8, 4) is 0 Å². The normalized spacial score (nSPS) is 15.8. The van der Waals surface area contributed by atoms with Crippen molar-refractivity contribution < 1.29 is 8.91 Å². The van der Waals surface area contributed by atoms with E-state index in [-0.39, 0.29) is 5.82 Å². The van der Waals surface area contributed by atoms with Gasteiger partial charge in [0.2, 0.25) is 5.89 Å². The number of nitrogens with zero attached hydrogens (tertiary/aromatic N) is 2. The highest BCUT2D eigenvalue weighted by Crippen LogP contribution is 2.18. The number of halogens is 1. The molecule has 1 aromatic heterocycles. The highest BCUT2D eigenvalue weighted by Gasteiger charge is 2.25. The average Bonchev–Trinajstić information content (AvgIpc) is 2.67. The molecule has 3 rings (SSSR count). The molecule has 88 valence electrons. The number of benzene rings is 1. The van der Waals surface area contributed by atoms with Crippen LogP contribution in [-0.2, 0) is 6.42 Å². The van der Waals surface area contributed by atoms with Crippen LogP contribution in [0.4, 0.5) is 4.39 Å². The molecule has 1 N–H and O–H groups in total. The lowest BCUT2D eigenvalue weighted by Gasteiger charge is -2.22. The predicted molar refractivity (Wildman–Crippen MR) is 59.1 cm³/mol. The van der Waals surface area contributed by atoms with Crippen LogP contribution in [0.1, 0.15) is 23.2 Å². The molecule has 2 aromatic rings. The van der Waals surface area contributed by atoms with Crippen molar-refractivity contribution >= 4 is 0 Å². The van der Waals surface area contributed by atoms with Crippen LogP contribution in [-0.4, -0.2) is 23.2 Å². The zero-order valence-corrected chi connectivity index (χ0v) is 9.19. The lowest BCUT2D eigenvalue weighted by molar-refractivity contribution is 0.306. The van der Waals surface area contributed by atoms with Crippen molar-refractivity contribution in [2.45, 2.75) is 12.3 Å². The van der Waals surface area contributed by atoms with E-state index in [1.54, 1.807) is 18.2 Å². The van der Waals surface area contributed by atoms with Crippen LogP contribution in [0.3, 0.4) is 0 Å². The van der Waals surface area contributed by atoms with E-state index in [4.69, 9.17) is 4.52 Å². The zero-order valence-electron chi connectivity index (χ0n) is 9.19. The lowest BCUT2D eigenvalue weighted by atomic mass is 10.0. The number of hydrogen-bond acceptors (Lipinski definition) is 4. The van der Waals surface area contributed by atoms with Gasteiger partial charge in [-0.05, 0) is 11.6 Å². The Kier molecular flexibility index (Phi) is 2.60. The first-order chi connectivity index (χ1) is 8.33. The van der Waals surface area contributed by atoms with E-state index in [9.17, 15) is 4.39 Å². The molecule has 17 heavy (non-hydrogen) atoms. The molecule has 1 aliphatic heterocycles. The quantitative estimate of drug-likeness (QED) is 0.872. The molecule has 0 bridgehead atoms. The third-order valence-electron chi connectivity index (χ3n) is 2.92. The third kappa shape index (κ3) is 2.06. The maximum absolute atomic E-state index is 13.4. The van der Waals surface area contributed by atoms with Gasteiger partial charge in [-0.2, -0.15) is 4.98 Å². The second-order valence-electron chi connectivity index (χ2n) is 4.17. The Balaban J connectivity index is 1.76. The molecule has 0 unspecified atom stereocenters. The first kappa shape index (κ1) is 10.4. The van der Waals surface area contributed by atoms with Crippen molar-refractivity contribution in [2.24, 2.45) is 0 Å². The predicted octanol–water partition coefficient (Wildman–Crippen LogP) is 1.49. The number of rotatable bonds is 3. The summed E-state index contributed by atoms with van der Waals surface area (Å²) in [6.07, 6.45) is 0.371. The largest absolute Gasteiger partial charge is 0.339 e. The van der Waals surface area contributed by atoms with Gasteiger partial charge in [0.05, 0.1) is 5.92 Å². The molecule has 1 saturated heterocycles. The second-order valence-corrected chi connectivity index (χ2v) is 4.17. The van der Waals surface area contributed by atoms with Gasteiger partial charge in [0.25, 0.3) is 0 Å². The SMILES string of the molecule is Fc1ccccc1Cc1noc(C2CNC2)n1. The molecule has 0 radical (unpaired) electrons. The molecular weight excluding hydrogens is 221 g/mol. The molecule has 2 heterocycles. The summed E-state index contributed by atoms with van der Waals surface area (Å²) in [4.78, 5) is 4.28. The number of hydrogen-bond donors (Lipinski definition) is 1. The standard InChI is InChI=1S/C12H12FN3O/c13-10-4-2-1-3-8(10)5-11-15-12(17-16-11)9-6-14-7-9/h1-4,9,14H,5-7H2. The van der Waals surface area contributed by atoms with E-state index in [1.165, 1.54) is 6.07 Å². The van der Waals surface area contributed by atoms with E-state index in [0.717, 1.165) is 13.1 Å². The summed E-state index contributed by atoms with van der Waals surface area (Å²) in [7, 11) is 0. The fraction of sp³-hybridized carbons (Fsp3) is 0.333. The highest BCUT2D eigenvalue weighted by atomic mass is 19.1. The summed E-state index contributed by atoms with van der Waals surface area (Å²) in [6, 6.07) is 6.64. The van der Waals surface area contributed by atoms with E-state index < -0.39 is 0 Å². The molecule has 1 fully saturated rings. The minimum absolute atomic E-state index is 0.232. The number of nitrogens with one attached hydrogen (secondary N) is 1. The van der Waals surface area contributed by atoms with Crippen LogP contribution in [0.15, 0.2) is 28.8 Å². The van der Waals surface area contributed by atoms with Crippen LogP contribution in [0, 0.1) is 5.82 Å². The van der Waals surface area contributed by atoms with Gasteiger partial charge in [-0.1, -0.05) is 23.4 Å². The zero-order chi connectivity index (χ0) is 11.7. The van der Waals surface area contributed by atoms with Gasteiger partial charge in [-0.25, -0.2) is 4.39 Å². The highest BCUT2D eigenvalue weighted by molar-refractivity contribution is 5.20. The minimum Gasteiger partial charge on any atom is -0.339 e. The molecule has 1 aromatic carbocycles. The van der Waals surface area contributed by atoms with Crippen LogP contribution < -0.4 is 5.32 Å². The van der Waals surface area contributed by atoms with Gasteiger partial charge < -0.3 is 9.84 Å². The Morgan fingerprint density at radius 1 is 1.35 bits per heavy atom. The van der Waals surface area contributed by atoms with E-state index in [0.29, 0.717) is 29.6 Å². The van der Waals surface area contributed by atoms with Crippen molar-refractivity contribution in [2.75, 3.05) is 13.1 Å². The van der Waals surface area contributed by atoms with Crippen molar-refractivity contribution in [1.29, 1.82) is 0 Å². The summed E-state index contributed by atoms with van der Waals surface area (Å²) in [5.41, 5.74) is 0.589. The van der Waals surface area contributed by atoms with Gasteiger partial charge in [-0.3, -0.25) is 0 Å². The van der Waals surface area contributed by atoms with Gasteiger partial charge in [0.15, 0.2) is 5.82 Å². The van der Waals surface area contributed by atoms with Crippen molar-refractivity contribution in [3.05, 3.63) is 47.4 Å². The van der Waals surface area contributed by atoms with Crippen molar-refractivity contribution in [1.82, 2.24) is 15.5 Å². The van der Waals surface area contributed by atoms with Gasteiger partial charge in [0, 0.05) is 19.5 Å². The summed E-state index contributed by atoms with van der Waals surface area (Å²) in [5.74, 6) is 1.27. The topological polar surface area (TPSA) is 51.0 Å². The minimum atomic E-state index is -0.232. The monoisotopic (exact) mass is 233 g/mol. The Hall–Kier alpha value is -1.75. The molecule has 0 spiro atoms.